The van der Waals surface area contributed by atoms with E-state index in [1.165, 1.54) is 47.1 Å². The molecule has 3 atom stereocenters. The molecular weight excluding hydrogens is 412 g/mol. The van der Waals surface area contributed by atoms with Crippen LogP contribution in [-0.2, 0) is 17.6 Å². The van der Waals surface area contributed by atoms with Crippen LogP contribution in [-0.4, -0.2) is 54.8 Å². The van der Waals surface area contributed by atoms with Crippen molar-refractivity contribution in [2.75, 3.05) is 32.8 Å². The number of carbonyl (C=O) groups excluding carboxylic acids is 1. The van der Waals surface area contributed by atoms with E-state index in [1.54, 1.807) is 0 Å². The summed E-state index contributed by atoms with van der Waals surface area (Å²) in [5, 5.41) is 7.90. The van der Waals surface area contributed by atoms with Gasteiger partial charge in [0.1, 0.15) is 6.61 Å². The molecular formula is C27H34N4O2. The van der Waals surface area contributed by atoms with Crippen LogP contribution in [0.25, 0.3) is 10.9 Å². The Balaban J connectivity index is 1.12. The van der Waals surface area contributed by atoms with Gasteiger partial charge < -0.3 is 25.3 Å². The number of rotatable bonds is 9. The van der Waals surface area contributed by atoms with E-state index in [-0.39, 0.29) is 12.1 Å². The fraction of sp³-hybridized carbons (Fsp3) is 0.444. The molecule has 2 aliphatic heterocycles. The van der Waals surface area contributed by atoms with Crippen LogP contribution in [0.1, 0.15) is 36.1 Å². The molecule has 6 heteroatoms. The quantitative estimate of drug-likeness (QED) is 0.464. The van der Waals surface area contributed by atoms with Crippen molar-refractivity contribution in [1.82, 2.24) is 20.5 Å². The molecule has 0 radical (unpaired) electrons. The van der Waals surface area contributed by atoms with Crippen LogP contribution >= 0.6 is 0 Å². The monoisotopic (exact) mass is 446 g/mol. The average Bonchev–Trinajstić information content (AvgIpc) is 3.57. The Morgan fingerprint density at radius 1 is 1.21 bits per heavy atom. The molecule has 3 heterocycles. The number of fused-ring (bicyclic) bond motifs is 1. The molecule has 1 aromatic heterocycles. The van der Waals surface area contributed by atoms with Crippen molar-refractivity contribution >= 4 is 17.0 Å². The van der Waals surface area contributed by atoms with E-state index < -0.39 is 0 Å². The van der Waals surface area contributed by atoms with E-state index in [0.29, 0.717) is 12.6 Å². The van der Waals surface area contributed by atoms with E-state index in [4.69, 9.17) is 4.74 Å². The number of ether oxygens (including phenoxy) is 1. The first-order chi connectivity index (χ1) is 16.1. The van der Waals surface area contributed by atoms with Crippen molar-refractivity contribution < 1.29 is 9.53 Å². The minimum Gasteiger partial charge on any atom is -0.447 e. The number of hydrogen-bond acceptors (Lipinski definition) is 4. The van der Waals surface area contributed by atoms with Gasteiger partial charge in [-0.05, 0) is 74.0 Å². The summed E-state index contributed by atoms with van der Waals surface area (Å²) in [5.74, 6) is 0.717. The predicted octanol–water partition coefficient (Wildman–Crippen LogP) is 4.03. The number of carbonyl (C=O) groups is 1. The van der Waals surface area contributed by atoms with Gasteiger partial charge >= 0.3 is 6.09 Å². The van der Waals surface area contributed by atoms with Gasteiger partial charge in [-0.1, -0.05) is 36.4 Å². The van der Waals surface area contributed by atoms with Gasteiger partial charge in [0.2, 0.25) is 0 Å². The molecule has 2 fully saturated rings. The Labute approximate surface area is 195 Å². The van der Waals surface area contributed by atoms with Crippen LogP contribution in [0.2, 0.25) is 0 Å². The molecule has 0 saturated carbocycles. The van der Waals surface area contributed by atoms with Gasteiger partial charge in [0, 0.05) is 36.2 Å². The zero-order valence-electron chi connectivity index (χ0n) is 19.3. The molecule has 33 heavy (non-hydrogen) atoms. The molecule has 1 amide bonds. The Bertz CT molecular complexity index is 1080. The summed E-state index contributed by atoms with van der Waals surface area (Å²) in [5.41, 5.74) is 5.14. The van der Waals surface area contributed by atoms with Gasteiger partial charge in [0.05, 0.1) is 6.04 Å². The summed E-state index contributed by atoms with van der Waals surface area (Å²) >= 11 is 0. The number of nitrogens with one attached hydrogen (secondary N) is 3. The van der Waals surface area contributed by atoms with Crippen molar-refractivity contribution in [3.63, 3.8) is 0 Å². The average molecular weight is 447 g/mol. The third kappa shape index (κ3) is 5.40. The van der Waals surface area contributed by atoms with Crippen molar-refractivity contribution in [1.29, 1.82) is 0 Å². The van der Waals surface area contributed by atoms with Gasteiger partial charge in [0.15, 0.2) is 0 Å². The minimum absolute atomic E-state index is 0.0668. The van der Waals surface area contributed by atoms with E-state index >= 15 is 0 Å². The fourth-order valence-corrected chi connectivity index (χ4v) is 5.14. The second kappa shape index (κ2) is 9.98. The van der Waals surface area contributed by atoms with Crippen LogP contribution in [0.3, 0.4) is 0 Å². The normalized spacial score (nSPS) is 21.9. The van der Waals surface area contributed by atoms with E-state index in [1.807, 2.05) is 0 Å². The summed E-state index contributed by atoms with van der Waals surface area (Å²) in [6.07, 6.45) is 4.96. The standard InChI is InChI=1S/C27H34N4O2/c1-19(22-5-3-2-4-6-22)28-15-21-9-11-31(17-21)12-10-23-16-29-26-8-7-20(14-25(23)26)13-24-18-33-27(32)30-24/h2-8,14,16,19,21,24,28-29H,9-13,15,17-18H2,1H3,(H,30,32)/t19-,21-,24-/m0/s1. The molecule has 0 aliphatic carbocycles. The number of hydrogen-bond donors (Lipinski definition) is 3. The second-order valence-corrected chi connectivity index (χ2v) is 9.58. The molecule has 3 N–H and O–H groups in total. The van der Waals surface area contributed by atoms with Gasteiger partial charge in [-0.3, -0.25) is 0 Å². The molecule has 0 spiro atoms. The summed E-state index contributed by atoms with van der Waals surface area (Å²) in [7, 11) is 0. The molecule has 174 valence electrons. The Morgan fingerprint density at radius 3 is 2.91 bits per heavy atom. The number of H-pyrrole nitrogens is 1. The lowest BCUT2D eigenvalue weighted by Gasteiger charge is -2.19. The van der Waals surface area contributed by atoms with E-state index in [2.05, 4.69) is 82.2 Å². The number of likely N-dealkylation sites (tertiary alicyclic amines) is 1. The number of aromatic nitrogens is 1. The number of nitrogens with zero attached hydrogens (tertiary/aromatic N) is 1. The van der Waals surface area contributed by atoms with Crippen LogP contribution in [0.5, 0.6) is 0 Å². The lowest BCUT2D eigenvalue weighted by atomic mass is 10.0. The lowest BCUT2D eigenvalue weighted by molar-refractivity contribution is 0.177. The summed E-state index contributed by atoms with van der Waals surface area (Å²) in [4.78, 5) is 17.3. The SMILES string of the molecule is C[C@H](NC[C@@H]1CCN(CCc2c[nH]c3ccc(C[C@H]4COC(=O)N4)cc23)C1)c1ccccc1. The zero-order valence-corrected chi connectivity index (χ0v) is 19.3. The number of cyclic esters (lactones) is 1. The van der Waals surface area contributed by atoms with Crippen molar-refractivity contribution in [2.24, 2.45) is 5.92 Å². The summed E-state index contributed by atoms with van der Waals surface area (Å²) in [6.45, 7) is 7.22. The number of benzene rings is 2. The van der Waals surface area contributed by atoms with Crippen molar-refractivity contribution in [2.45, 2.75) is 38.3 Å². The van der Waals surface area contributed by atoms with Crippen molar-refractivity contribution in [3.8, 4) is 0 Å². The maximum absolute atomic E-state index is 11.3. The highest BCUT2D eigenvalue weighted by Gasteiger charge is 2.24. The maximum Gasteiger partial charge on any atom is 0.407 e. The topological polar surface area (TPSA) is 69.4 Å². The van der Waals surface area contributed by atoms with Crippen molar-refractivity contribution in [3.05, 3.63) is 71.4 Å². The fourth-order valence-electron chi connectivity index (χ4n) is 5.14. The second-order valence-electron chi connectivity index (χ2n) is 9.58. The number of alkyl carbamates (subject to hydrolysis) is 1. The van der Waals surface area contributed by atoms with Gasteiger partial charge in [0.25, 0.3) is 0 Å². The van der Waals surface area contributed by atoms with Crippen LogP contribution < -0.4 is 10.6 Å². The van der Waals surface area contributed by atoms with Crippen LogP contribution in [0.15, 0.2) is 54.7 Å². The van der Waals surface area contributed by atoms with E-state index in [9.17, 15) is 4.79 Å². The zero-order chi connectivity index (χ0) is 22.6. The first-order valence-corrected chi connectivity index (χ1v) is 12.2. The summed E-state index contributed by atoms with van der Waals surface area (Å²) < 4.78 is 5.02. The first kappa shape index (κ1) is 22.0. The number of aromatic amines is 1. The molecule has 2 saturated heterocycles. The molecule has 6 nitrogen and oxygen atoms in total. The van der Waals surface area contributed by atoms with Gasteiger partial charge in [-0.15, -0.1) is 0 Å². The predicted molar refractivity (Wildman–Crippen MR) is 131 cm³/mol. The van der Waals surface area contributed by atoms with Gasteiger partial charge in [-0.2, -0.15) is 0 Å². The Kier molecular flexibility index (Phi) is 6.65. The minimum atomic E-state index is -0.308. The highest BCUT2D eigenvalue weighted by atomic mass is 16.6. The number of amides is 1. The van der Waals surface area contributed by atoms with Crippen LogP contribution in [0, 0.1) is 5.92 Å². The third-order valence-corrected chi connectivity index (χ3v) is 7.13. The highest BCUT2D eigenvalue weighted by molar-refractivity contribution is 5.84. The molecule has 2 aliphatic rings. The molecule has 0 unspecified atom stereocenters. The van der Waals surface area contributed by atoms with Gasteiger partial charge in [-0.25, -0.2) is 4.79 Å². The van der Waals surface area contributed by atoms with E-state index in [0.717, 1.165) is 31.8 Å². The smallest absolute Gasteiger partial charge is 0.407 e. The Morgan fingerprint density at radius 2 is 2.09 bits per heavy atom. The molecule has 3 aromatic rings. The van der Waals surface area contributed by atoms with Crippen LogP contribution in [0.4, 0.5) is 4.79 Å². The highest BCUT2D eigenvalue weighted by Crippen LogP contribution is 2.23. The molecule has 0 bridgehead atoms. The Hall–Kier alpha value is -2.83. The molecule has 2 aromatic carbocycles. The maximum atomic E-state index is 11.3. The lowest BCUT2D eigenvalue weighted by Crippen LogP contribution is -2.29. The first-order valence-electron chi connectivity index (χ1n) is 12.2. The largest absolute Gasteiger partial charge is 0.447 e. The third-order valence-electron chi connectivity index (χ3n) is 7.13. The summed E-state index contributed by atoms with van der Waals surface area (Å²) in [6, 6.07) is 17.7. The molecule has 5 rings (SSSR count).